The molecule has 0 amide bonds. The van der Waals surface area contributed by atoms with Gasteiger partial charge in [0.1, 0.15) is 13.2 Å². The van der Waals surface area contributed by atoms with Crippen LogP contribution in [0.25, 0.3) is 0 Å². The molecule has 0 rings (SSSR count). The molecule has 2 atom stereocenters. The molecule has 2 N–H and O–H groups in total. The second kappa shape index (κ2) is 35.7. The number of hydrogen-bond acceptors (Lipinski definition) is 7. The maximum atomic E-state index is 11.9. The molecule has 0 heterocycles. The summed E-state index contributed by atoms with van der Waals surface area (Å²) in [5, 5.41) is 19.5. The van der Waals surface area contributed by atoms with E-state index in [2.05, 4.69) is 13.8 Å². The number of ether oxygens (including phenoxy) is 1. The lowest BCUT2D eigenvalue weighted by molar-refractivity contribution is -0.275. The number of carbonyl (C=O) groups is 2. The molecule has 0 aliphatic carbocycles. The highest BCUT2D eigenvalue weighted by atomic mass is 17.2. The lowest BCUT2D eigenvalue weighted by Crippen LogP contribution is -2.13. The van der Waals surface area contributed by atoms with Crippen LogP contribution >= 0.6 is 0 Å². The molecular weight excluding hydrogens is 568 g/mol. The number of carbonyl (C=O) groups excluding carboxylic acids is 2. The summed E-state index contributed by atoms with van der Waals surface area (Å²) in [6, 6.07) is 0. The summed E-state index contributed by atoms with van der Waals surface area (Å²) in [4.78, 5) is 33.4. The van der Waals surface area contributed by atoms with Crippen LogP contribution in [0.1, 0.15) is 206 Å². The Morgan fingerprint density at radius 1 is 0.444 bits per heavy atom. The van der Waals surface area contributed by atoms with Crippen molar-refractivity contribution in [3.05, 3.63) is 0 Å². The molecule has 45 heavy (non-hydrogen) atoms. The van der Waals surface area contributed by atoms with Crippen molar-refractivity contribution >= 4 is 11.9 Å². The Morgan fingerprint density at radius 2 is 0.778 bits per heavy atom. The van der Waals surface area contributed by atoms with E-state index in [0.29, 0.717) is 12.8 Å². The third-order valence-electron chi connectivity index (χ3n) is 8.66. The van der Waals surface area contributed by atoms with Crippen LogP contribution in [0.3, 0.4) is 0 Å². The average molecular weight is 643 g/mol. The summed E-state index contributed by atoms with van der Waals surface area (Å²) in [5.74, 6) is -0.576. The molecular formula is C38H74O7. The quantitative estimate of drug-likeness (QED) is 0.0303. The van der Waals surface area contributed by atoms with Crippen LogP contribution in [0.2, 0.25) is 0 Å². The first kappa shape index (κ1) is 43.8. The van der Waals surface area contributed by atoms with E-state index in [1.807, 2.05) is 0 Å². The molecule has 0 saturated carbocycles. The fourth-order valence-corrected chi connectivity index (χ4v) is 5.85. The van der Waals surface area contributed by atoms with E-state index in [0.717, 1.165) is 89.9 Å². The van der Waals surface area contributed by atoms with Gasteiger partial charge in [0.2, 0.25) is 0 Å². The molecule has 2 unspecified atom stereocenters. The van der Waals surface area contributed by atoms with Gasteiger partial charge >= 0.3 is 11.9 Å². The van der Waals surface area contributed by atoms with Crippen LogP contribution in [0.4, 0.5) is 0 Å². The molecule has 0 spiro atoms. The van der Waals surface area contributed by atoms with Gasteiger partial charge in [0, 0.05) is 12.8 Å². The Labute approximate surface area is 277 Å². The zero-order valence-electron chi connectivity index (χ0n) is 29.7. The maximum absolute atomic E-state index is 11.9. The minimum absolute atomic E-state index is 0.0686. The summed E-state index contributed by atoms with van der Waals surface area (Å²) in [6.45, 7) is 4.42. The molecule has 0 saturated heterocycles. The van der Waals surface area contributed by atoms with E-state index < -0.39 is 0 Å². The van der Waals surface area contributed by atoms with Gasteiger partial charge in [0.25, 0.3) is 0 Å². The van der Waals surface area contributed by atoms with Crippen LogP contribution in [-0.2, 0) is 24.1 Å². The smallest absolute Gasteiger partial charge is 0.342 e. The highest BCUT2D eigenvalue weighted by Gasteiger charge is 2.07. The normalized spacial score (nSPS) is 12.7. The van der Waals surface area contributed by atoms with E-state index in [-0.39, 0.29) is 37.4 Å². The van der Waals surface area contributed by atoms with Crippen LogP contribution in [0.5, 0.6) is 0 Å². The van der Waals surface area contributed by atoms with Gasteiger partial charge in [0.05, 0.1) is 12.2 Å². The molecule has 0 aliphatic rings. The van der Waals surface area contributed by atoms with Crippen LogP contribution in [0.15, 0.2) is 0 Å². The molecule has 0 aromatic carbocycles. The molecule has 0 bridgehead atoms. The van der Waals surface area contributed by atoms with E-state index in [9.17, 15) is 19.8 Å². The first-order valence-corrected chi connectivity index (χ1v) is 19.3. The van der Waals surface area contributed by atoms with Gasteiger partial charge in [-0.3, -0.25) is 9.68 Å². The van der Waals surface area contributed by atoms with E-state index in [1.165, 1.54) is 89.9 Å². The Morgan fingerprint density at radius 3 is 1.16 bits per heavy atom. The van der Waals surface area contributed by atoms with E-state index in [4.69, 9.17) is 14.5 Å². The van der Waals surface area contributed by atoms with E-state index >= 15 is 0 Å². The van der Waals surface area contributed by atoms with Crippen molar-refractivity contribution in [2.75, 3.05) is 13.2 Å². The van der Waals surface area contributed by atoms with Gasteiger partial charge in [-0.2, -0.15) is 4.89 Å². The largest absolute Gasteiger partial charge is 0.463 e. The number of aliphatic hydroxyl groups excluding tert-OH is 2. The third kappa shape index (κ3) is 35.5. The first-order chi connectivity index (χ1) is 22.0. The zero-order chi connectivity index (χ0) is 33.1. The van der Waals surface area contributed by atoms with Crippen molar-refractivity contribution in [2.45, 2.75) is 219 Å². The minimum atomic E-state index is -0.359. The topological polar surface area (TPSA) is 102 Å². The number of esters is 1. The maximum Gasteiger partial charge on any atom is 0.342 e. The molecule has 0 aromatic rings. The SMILES string of the molecule is CCCC(O)CCCCCCCCCCCCCC(=O)OCCOOC(=O)CCCCCCCCCCCCCC(O)CCC. The monoisotopic (exact) mass is 643 g/mol. The number of hydrogen-bond donors (Lipinski definition) is 2. The van der Waals surface area contributed by atoms with Gasteiger partial charge in [-0.05, 0) is 38.5 Å². The molecule has 7 heteroatoms. The summed E-state index contributed by atoms with van der Waals surface area (Å²) in [7, 11) is 0. The molecule has 0 radical (unpaired) electrons. The van der Waals surface area contributed by atoms with Gasteiger partial charge in [-0.25, -0.2) is 4.79 Å². The van der Waals surface area contributed by atoms with Crippen molar-refractivity contribution in [3.63, 3.8) is 0 Å². The van der Waals surface area contributed by atoms with Gasteiger partial charge in [0.15, 0.2) is 0 Å². The van der Waals surface area contributed by atoms with Gasteiger partial charge in [-0.15, -0.1) is 0 Å². The Bertz CT molecular complexity index is 575. The highest BCUT2D eigenvalue weighted by Crippen LogP contribution is 2.16. The summed E-state index contributed by atoms with van der Waals surface area (Å²) in [5.41, 5.74) is 0. The van der Waals surface area contributed by atoms with Crippen LogP contribution < -0.4 is 0 Å². The summed E-state index contributed by atoms with van der Waals surface area (Å²) in [6.07, 6.45) is 32.6. The van der Waals surface area contributed by atoms with Crippen molar-refractivity contribution in [1.82, 2.24) is 0 Å². The molecule has 0 aromatic heterocycles. The van der Waals surface area contributed by atoms with Crippen molar-refractivity contribution < 1.29 is 34.3 Å². The van der Waals surface area contributed by atoms with Crippen molar-refractivity contribution in [2.24, 2.45) is 0 Å². The molecule has 7 nitrogen and oxygen atoms in total. The third-order valence-corrected chi connectivity index (χ3v) is 8.66. The Hall–Kier alpha value is -1.18. The zero-order valence-corrected chi connectivity index (χ0v) is 29.7. The molecule has 268 valence electrons. The van der Waals surface area contributed by atoms with Gasteiger partial charge in [-0.1, -0.05) is 155 Å². The van der Waals surface area contributed by atoms with Crippen LogP contribution in [-0.4, -0.2) is 47.6 Å². The highest BCUT2D eigenvalue weighted by molar-refractivity contribution is 5.69. The van der Waals surface area contributed by atoms with Crippen molar-refractivity contribution in [1.29, 1.82) is 0 Å². The lowest BCUT2D eigenvalue weighted by Gasteiger charge is -2.08. The predicted molar refractivity (Wildman–Crippen MR) is 185 cm³/mol. The lowest BCUT2D eigenvalue weighted by atomic mass is 10.0. The summed E-state index contributed by atoms with van der Waals surface area (Å²) >= 11 is 0. The fourth-order valence-electron chi connectivity index (χ4n) is 5.85. The fraction of sp³-hybridized carbons (Fsp3) is 0.947. The number of unbranched alkanes of at least 4 members (excludes halogenated alkanes) is 20. The Kier molecular flexibility index (Phi) is 34.7. The van der Waals surface area contributed by atoms with Gasteiger partial charge < -0.3 is 14.9 Å². The standard InChI is InChI=1S/C38H74O7/c1-3-27-35(39)29-23-19-15-11-7-5-9-13-17-21-25-31-37(41)43-33-34-44-45-38(42)32-26-22-18-14-10-6-8-12-16-20-24-30-36(40)28-4-2/h35-36,39-40H,3-34H2,1-2H3. The van der Waals surface area contributed by atoms with Crippen molar-refractivity contribution in [3.8, 4) is 0 Å². The number of aliphatic hydroxyl groups is 2. The average Bonchev–Trinajstić information content (AvgIpc) is 3.01. The number of rotatable bonds is 36. The minimum Gasteiger partial charge on any atom is -0.463 e. The second-order valence-electron chi connectivity index (χ2n) is 13.2. The summed E-state index contributed by atoms with van der Waals surface area (Å²) < 4.78 is 5.16. The first-order valence-electron chi connectivity index (χ1n) is 19.3. The molecule has 0 aliphatic heterocycles. The predicted octanol–water partition coefficient (Wildman–Crippen LogP) is 10.5. The Balaban J connectivity index is 3.30. The van der Waals surface area contributed by atoms with E-state index in [1.54, 1.807) is 0 Å². The molecule has 0 fully saturated rings. The van der Waals surface area contributed by atoms with Crippen LogP contribution in [0, 0.1) is 0 Å². The second-order valence-corrected chi connectivity index (χ2v) is 13.2.